The first-order valence-electron chi connectivity index (χ1n) is 10.1. The van der Waals surface area contributed by atoms with Gasteiger partial charge >= 0.3 is 0 Å². The standard InChI is InChI=1S/C19H30N4O4S/c1-14-17(15(2)27-20-14)28(25,26)23-12-16(19(13-23)6-4-5-7-19)18(24)22-10-8-21(3)9-11-22/h16H,4-13H2,1-3H3. The minimum absolute atomic E-state index is 0.131. The van der Waals surface area contributed by atoms with E-state index in [0.29, 0.717) is 18.0 Å². The summed E-state index contributed by atoms with van der Waals surface area (Å²) in [7, 11) is -1.66. The summed E-state index contributed by atoms with van der Waals surface area (Å²) < 4.78 is 33.3. The molecule has 0 bridgehead atoms. The van der Waals surface area contributed by atoms with E-state index in [4.69, 9.17) is 4.52 Å². The SMILES string of the molecule is Cc1noc(C)c1S(=O)(=O)N1CC(C(=O)N2CCN(C)CC2)C2(CCCC2)C1. The van der Waals surface area contributed by atoms with Gasteiger partial charge in [-0.3, -0.25) is 4.79 Å². The van der Waals surface area contributed by atoms with Crippen molar-refractivity contribution in [1.29, 1.82) is 0 Å². The molecule has 0 radical (unpaired) electrons. The Morgan fingerprint density at radius 1 is 1.14 bits per heavy atom. The fraction of sp³-hybridized carbons (Fsp3) is 0.789. The zero-order valence-corrected chi connectivity index (χ0v) is 17.8. The van der Waals surface area contributed by atoms with E-state index in [1.807, 2.05) is 4.90 Å². The quantitative estimate of drug-likeness (QED) is 0.745. The molecule has 8 nitrogen and oxygen atoms in total. The van der Waals surface area contributed by atoms with Gasteiger partial charge in [0.2, 0.25) is 15.9 Å². The van der Waals surface area contributed by atoms with Gasteiger partial charge < -0.3 is 14.3 Å². The number of piperazine rings is 1. The molecule has 2 aliphatic heterocycles. The predicted molar refractivity (Wildman–Crippen MR) is 103 cm³/mol. The lowest BCUT2D eigenvalue weighted by molar-refractivity contribution is -0.139. The number of hydrogen-bond acceptors (Lipinski definition) is 6. The average molecular weight is 411 g/mol. The monoisotopic (exact) mass is 410 g/mol. The first-order chi connectivity index (χ1) is 13.2. The van der Waals surface area contributed by atoms with Crippen molar-refractivity contribution in [1.82, 2.24) is 19.3 Å². The molecule has 4 rings (SSSR count). The molecule has 1 atom stereocenters. The van der Waals surface area contributed by atoms with Crippen molar-refractivity contribution >= 4 is 15.9 Å². The van der Waals surface area contributed by atoms with Crippen LogP contribution in [0.1, 0.15) is 37.1 Å². The van der Waals surface area contributed by atoms with Crippen molar-refractivity contribution in [3.05, 3.63) is 11.5 Å². The molecule has 1 aromatic heterocycles. The van der Waals surface area contributed by atoms with Gasteiger partial charge in [-0.05, 0) is 39.2 Å². The number of carbonyl (C=O) groups is 1. The Morgan fingerprint density at radius 2 is 1.79 bits per heavy atom. The van der Waals surface area contributed by atoms with Crippen molar-refractivity contribution in [3.63, 3.8) is 0 Å². The summed E-state index contributed by atoms with van der Waals surface area (Å²) in [6.45, 7) is 7.14. The van der Waals surface area contributed by atoms with Gasteiger partial charge in [0.25, 0.3) is 0 Å². The highest BCUT2D eigenvalue weighted by atomic mass is 32.2. The number of sulfonamides is 1. The maximum absolute atomic E-state index is 13.4. The molecule has 3 heterocycles. The second kappa shape index (κ2) is 7.11. The van der Waals surface area contributed by atoms with E-state index in [1.54, 1.807) is 13.8 Å². The van der Waals surface area contributed by atoms with Crippen LogP contribution in [-0.4, -0.2) is 79.9 Å². The molecule has 3 aliphatic rings. The predicted octanol–water partition coefficient (Wildman–Crippen LogP) is 1.25. The summed E-state index contributed by atoms with van der Waals surface area (Å²) >= 11 is 0. The summed E-state index contributed by atoms with van der Waals surface area (Å²) in [5, 5.41) is 3.82. The van der Waals surface area contributed by atoms with Crippen LogP contribution in [0.5, 0.6) is 0 Å². The van der Waals surface area contributed by atoms with Crippen LogP contribution < -0.4 is 0 Å². The van der Waals surface area contributed by atoms with E-state index in [-0.39, 0.29) is 28.7 Å². The summed E-state index contributed by atoms with van der Waals surface area (Å²) in [6.07, 6.45) is 3.97. The van der Waals surface area contributed by atoms with Crippen LogP contribution in [-0.2, 0) is 14.8 Å². The van der Waals surface area contributed by atoms with E-state index < -0.39 is 10.0 Å². The molecule has 0 aromatic carbocycles. The summed E-state index contributed by atoms with van der Waals surface area (Å²) in [5.74, 6) is 0.187. The van der Waals surface area contributed by atoms with Crippen LogP contribution in [0.2, 0.25) is 0 Å². The number of hydrogen-bond donors (Lipinski definition) is 0. The third kappa shape index (κ3) is 3.17. The van der Waals surface area contributed by atoms with Crippen LogP contribution >= 0.6 is 0 Å². The van der Waals surface area contributed by atoms with E-state index in [2.05, 4.69) is 17.1 Å². The van der Waals surface area contributed by atoms with Crippen LogP contribution in [0.15, 0.2) is 9.42 Å². The third-order valence-corrected chi connectivity index (χ3v) is 8.95. The van der Waals surface area contributed by atoms with E-state index >= 15 is 0 Å². The molecule has 2 saturated heterocycles. The number of aromatic nitrogens is 1. The molecule has 1 saturated carbocycles. The molecule has 1 aromatic rings. The summed E-state index contributed by atoms with van der Waals surface area (Å²) in [6, 6.07) is 0. The topological polar surface area (TPSA) is 87.0 Å². The Hall–Kier alpha value is -1.45. The number of carbonyl (C=O) groups excluding carboxylic acids is 1. The van der Waals surface area contributed by atoms with E-state index in [0.717, 1.165) is 51.9 Å². The number of nitrogens with zero attached hydrogens (tertiary/aromatic N) is 4. The minimum atomic E-state index is -3.73. The second-order valence-corrected chi connectivity index (χ2v) is 10.6. The zero-order chi connectivity index (χ0) is 20.1. The van der Waals surface area contributed by atoms with Gasteiger partial charge in [-0.1, -0.05) is 18.0 Å². The number of rotatable bonds is 3. The highest BCUT2D eigenvalue weighted by Crippen LogP contribution is 2.51. The van der Waals surface area contributed by atoms with Crippen molar-refractivity contribution in [3.8, 4) is 0 Å². The van der Waals surface area contributed by atoms with Gasteiger partial charge in [0.15, 0.2) is 5.76 Å². The van der Waals surface area contributed by atoms with Gasteiger partial charge in [0, 0.05) is 39.3 Å². The molecule has 3 fully saturated rings. The molecule has 156 valence electrons. The lowest BCUT2D eigenvalue weighted by Crippen LogP contribution is -2.51. The number of likely N-dealkylation sites (N-methyl/N-ethyl adjacent to an activating group) is 1. The highest BCUT2D eigenvalue weighted by Gasteiger charge is 2.55. The Labute approximate surface area is 166 Å². The highest BCUT2D eigenvalue weighted by molar-refractivity contribution is 7.89. The van der Waals surface area contributed by atoms with Gasteiger partial charge in [-0.25, -0.2) is 8.42 Å². The zero-order valence-electron chi connectivity index (χ0n) is 17.0. The molecular formula is C19H30N4O4S. The van der Waals surface area contributed by atoms with Crippen LogP contribution in [0.4, 0.5) is 0 Å². The smallest absolute Gasteiger partial charge is 0.248 e. The van der Waals surface area contributed by atoms with Crippen molar-refractivity contribution < 1.29 is 17.7 Å². The largest absolute Gasteiger partial charge is 0.360 e. The molecular weight excluding hydrogens is 380 g/mol. The minimum Gasteiger partial charge on any atom is -0.360 e. The van der Waals surface area contributed by atoms with E-state index in [9.17, 15) is 13.2 Å². The molecule has 28 heavy (non-hydrogen) atoms. The van der Waals surface area contributed by atoms with E-state index in [1.165, 1.54) is 4.31 Å². The van der Waals surface area contributed by atoms with Crippen LogP contribution in [0, 0.1) is 25.2 Å². The Balaban J connectivity index is 1.62. The van der Waals surface area contributed by atoms with Gasteiger partial charge in [-0.2, -0.15) is 4.31 Å². The fourth-order valence-corrected chi connectivity index (χ4v) is 7.09. The molecule has 0 N–H and O–H groups in total. The van der Waals surface area contributed by atoms with Gasteiger partial charge in [0.1, 0.15) is 10.6 Å². The Kier molecular flexibility index (Phi) is 5.04. The first kappa shape index (κ1) is 19.8. The Morgan fingerprint density at radius 3 is 2.36 bits per heavy atom. The lowest BCUT2D eigenvalue weighted by Gasteiger charge is -2.37. The molecule has 1 aliphatic carbocycles. The van der Waals surface area contributed by atoms with Gasteiger partial charge in [0.05, 0.1) is 5.92 Å². The van der Waals surface area contributed by atoms with Crippen LogP contribution in [0.25, 0.3) is 0 Å². The van der Waals surface area contributed by atoms with Crippen molar-refractivity contribution in [2.45, 2.75) is 44.4 Å². The number of aryl methyl sites for hydroxylation is 2. The summed E-state index contributed by atoms with van der Waals surface area (Å²) in [4.78, 5) is 17.7. The lowest BCUT2D eigenvalue weighted by atomic mass is 9.76. The third-order valence-electron chi connectivity index (χ3n) is 6.89. The maximum Gasteiger partial charge on any atom is 0.248 e. The molecule has 9 heteroatoms. The fourth-order valence-electron chi connectivity index (χ4n) is 5.25. The molecule has 1 unspecified atom stereocenters. The second-order valence-electron chi connectivity index (χ2n) is 8.70. The van der Waals surface area contributed by atoms with Crippen molar-refractivity contribution in [2.75, 3.05) is 46.3 Å². The normalized spacial score (nSPS) is 26.4. The van der Waals surface area contributed by atoms with Crippen LogP contribution in [0.3, 0.4) is 0 Å². The van der Waals surface area contributed by atoms with Crippen molar-refractivity contribution in [2.24, 2.45) is 11.3 Å². The average Bonchev–Trinajstić information content (AvgIpc) is 3.36. The molecule has 1 spiro atoms. The Bertz CT molecular complexity index is 832. The summed E-state index contributed by atoms with van der Waals surface area (Å²) in [5.41, 5.74) is 0.152. The number of amides is 1. The maximum atomic E-state index is 13.4. The van der Waals surface area contributed by atoms with Gasteiger partial charge in [-0.15, -0.1) is 0 Å². The first-order valence-corrected chi connectivity index (χ1v) is 11.6. The molecule has 1 amide bonds.